The van der Waals surface area contributed by atoms with Crippen LogP contribution in [0.2, 0.25) is 0 Å². The second-order valence-electron chi connectivity index (χ2n) is 10.0. The quantitative estimate of drug-likeness (QED) is 0.268. The van der Waals surface area contributed by atoms with Crippen LogP contribution in [0.15, 0.2) is 78.0 Å². The van der Waals surface area contributed by atoms with E-state index in [-0.39, 0.29) is 24.1 Å². The smallest absolute Gasteiger partial charge is 0.332 e. The van der Waals surface area contributed by atoms with Crippen molar-refractivity contribution >= 4 is 34.6 Å². The van der Waals surface area contributed by atoms with E-state index in [9.17, 15) is 22.8 Å². The standard InChI is InChI=1S/C30H27F3N6O2S/c1-18(2)24-14-19(3)4-13-25(24)39-26(40)16-42-29(39)36-28(41)34-15-20-5-7-21(8-6-20)27-35-17-38(37-27)23-11-9-22(10-12-23)30(31,32)33/h4-14,17-18H,15-16H2,1-3H3,(H,34,41). The molecule has 1 aromatic heterocycles. The molecule has 1 aliphatic rings. The first-order chi connectivity index (χ1) is 20.0. The van der Waals surface area contributed by atoms with E-state index in [1.54, 1.807) is 12.1 Å². The first-order valence-electron chi connectivity index (χ1n) is 13.1. The third-order valence-electron chi connectivity index (χ3n) is 6.62. The number of hydrogen-bond acceptors (Lipinski definition) is 5. The summed E-state index contributed by atoms with van der Waals surface area (Å²) in [4.78, 5) is 35.4. The molecule has 0 saturated carbocycles. The van der Waals surface area contributed by atoms with Crippen LogP contribution in [0.1, 0.15) is 42.0 Å². The molecule has 42 heavy (non-hydrogen) atoms. The number of amidine groups is 1. The molecule has 0 aliphatic carbocycles. The van der Waals surface area contributed by atoms with Crippen molar-refractivity contribution in [3.8, 4) is 17.1 Å². The topological polar surface area (TPSA) is 92.5 Å². The van der Waals surface area contributed by atoms with Gasteiger partial charge in [-0.15, -0.1) is 5.10 Å². The van der Waals surface area contributed by atoms with Crippen molar-refractivity contribution in [1.82, 2.24) is 20.1 Å². The Kier molecular flexibility index (Phi) is 8.17. The summed E-state index contributed by atoms with van der Waals surface area (Å²) in [6.45, 7) is 6.32. The number of rotatable bonds is 6. The highest BCUT2D eigenvalue weighted by atomic mass is 32.2. The minimum atomic E-state index is -4.41. The molecule has 0 atom stereocenters. The lowest BCUT2D eigenvalue weighted by atomic mass is 9.98. The molecule has 3 aromatic carbocycles. The van der Waals surface area contributed by atoms with Crippen LogP contribution >= 0.6 is 11.8 Å². The first-order valence-corrected chi connectivity index (χ1v) is 14.1. The number of aliphatic imine (C=N–C) groups is 1. The number of hydrogen-bond donors (Lipinski definition) is 1. The van der Waals surface area contributed by atoms with E-state index in [0.717, 1.165) is 34.5 Å². The van der Waals surface area contributed by atoms with Gasteiger partial charge >= 0.3 is 12.2 Å². The van der Waals surface area contributed by atoms with Gasteiger partial charge in [-0.25, -0.2) is 14.5 Å². The number of carbonyl (C=O) groups is 2. The summed E-state index contributed by atoms with van der Waals surface area (Å²) in [6.07, 6.45) is -2.98. The third-order valence-corrected chi connectivity index (χ3v) is 7.54. The lowest BCUT2D eigenvalue weighted by Gasteiger charge is -2.22. The van der Waals surface area contributed by atoms with Gasteiger partial charge in [0.25, 0.3) is 0 Å². The second kappa shape index (κ2) is 11.8. The Morgan fingerprint density at radius 2 is 1.79 bits per heavy atom. The van der Waals surface area contributed by atoms with E-state index >= 15 is 0 Å². The molecule has 1 saturated heterocycles. The zero-order valence-corrected chi connectivity index (χ0v) is 23.8. The molecule has 3 amide bonds. The number of aromatic nitrogens is 3. The molecular weight excluding hydrogens is 565 g/mol. The number of alkyl halides is 3. The van der Waals surface area contributed by atoms with Gasteiger partial charge in [-0.1, -0.05) is 67.6 Å². The number of carbonyl (C=O) groups excluding carboxylic acids is 2. The van der Waals surface area contributed by atoms with Gasteiger partial charge in [-0.05, 0) is 54.3 Å². The van der Waals surface area contributed by atoms with Crippen LogP contribution in [0.4, 0.5) is 23.7 Å². The molecule has 216 valence electrons. The number of urea groups is 1. The molecule has 8 nitrogen and oxygen atoms in total. The fraction of sp³-hybridized carbons (Fsp3) is 0.233. The lowest BCUT2D eigenvalue weighted by molar-refractivity contribution is -0.137. The largest absolute Gasteiger partial charge is 0.416 e. The van der Waals surface area contributed by atoms with Crippen LogP contribution in [0.3, 0.4) is 0 Å². The predicted molar refractivity (Wildman–Crippen MR) is 157 cm³/mol. The van der Waals surface area contributed by atoms with E-state index in [2.05, 4.69) is 34.2 Å². The van der Waals surface area contributed by atoms with Crippen molar-refractivity contribution in [2.75, 3.05) is 10.7 Å². The average Bonchev–Trinajstić information content (AvgIpc) is 3.59. The Hall–Kier alpha value is -4.45. The molecule has 0 radical (unpaired) electrons. The number of thioether (sulfide) groups is 1. The number of anilines is 1. The summed E-state index contributed by atoms with van der Waals surface area (Å²) in [7, 11) is 0. The van der Waals surface area contributed by atoms with Gasteiger partial charge in [0.2, 0.25) is 5.91 Å². The highest BCUT2D eigenvalue weighted by Crippen LogP contribution is 2.34. The Bertz CT molecular complexity index is 1650. The van der Waals surface area contributed by atoms with E-state index in [0.29, 0.717) is 22.2 Å². The fourth-order valence-corrected chi connectivity index (χ4v) is 5.28. The fourth-order valence-electron chi connectivity index (χ4n) is 4.42. The highest BCUT2D eigenvalue weighted by Gasteiger charge is 2.32. The first kappa shape index (κ1) is 29.1. The van der Waals surface area contributed by atoms with E-state index < -0.39 is 17.8 Å². The van der Waals surface area contributed by atoms with Crippen molar-refractivity contribution in [3.63, 3.8) is 0 Å². The van der Waals surface area contributed by atoms with Crippen LogP contribution in [0.5, 0.6) is 0 Å². The molecule has 0 spiro atoms. The minimum Gasteiger partial charge on any atom is -0.332 e. The van der Waals surface area contributed by atoms with Crippen molar-refractivity contribution in [3.05, 3.63) is 95.3 Å². The Morgan fingerprint density at radius 3 is 2.45 bits per heavy atom. The van der Waals surface area contributed by atoms with Crippen LogP contribution in [0.25, 0.3) is 17.1 Å². The number of benzene rings is 3. The van der Waals surface area contributed by atoms with Gasteiger partial charge < -0.3 is 5.32 Å². The van der Waals surface area contributed by atoms with Crippen LogP contribution in [-0.2, 0) is 17.5 Å². The maximum absolute atomic E-state index is 12.8. The van der Waals surface area contributed by atoms with Crippen LogP contribution in [-0.4, -0.2) is 37.6 Å². The predicted octanol–water partition coefficient (Wildman–Crippen LogP) is 6.73. The number of nitrogens with zero attached hydrogens (tertiary/aromatic N) is 5. The van der Waals surface area contributed by atoms with Gasteiger partial charge in [0.15, 0.2) is 11.0 Å². The molecule has 5 rings (SSSR count). The maximum Gasteiger partial charge on any atom is 0.416 e. The second-order valence-corrected chi connectivity index (χ2v) is 11.0. The molecule has 1 aliphatic heterocycles. The Balaban J connectivity index is 1.23. The molecule has 0 bridgehead atoms. The van der Waals surface area contributed by atoms with Crippen molar-refractivity contribution in [2.24, 2.45) is 4.99 Å². The number of aryl methyl sites for hydroxylation is 1. The molecular formula is C30H27F3N6O2S. The van der Waals surface area contributed by atoms with E-state index in [1.165, 1.54) is 39.8 Å². The number of halogens is 3. The maximum atomic E-state index is 12.8. The van der Waals surface area contributed by atoms with Crippen LogP contribution in [0, 0.1) is 6.92 Å². The van der Waals surface area contributed by atoms with Gasteiger partial charge in [-0.2, -0.15) is 18.2 Å². The normalized spacial score (nSPS) is 14.7. The highest BCUT2D eigenvalue weighted by molar-refractivity contribution is 8.15. The number of amides is 3. The molecule has 2 heterocycles. The van der Waals surface area contributed by atoms with Gasteiger partial charge in [0.05, 0.1) is 22.7 Å². The summed E-state index contributed by atoms with van der Waals surface area (Å²) in [5.74, 6) is 0.672. The van der Waals surface area contributed by atoms with E-state index in [1.807, 2.05) is 37.3 Å². The average molecular weight is 593 g/mol. The van der Waals surface area contributed by atoms with Crippen molar-refractivity contribution < 1.29 is 22.8 Å². The Morgan fingerprint density at radius 1 is 1.07 bits per heavy atom. The molecule has 1 fully saturated rings. The summed E-state index contributed by atoms with van der Waals surface area (Å²) >= 11 is 1.23. The van der Waals surface area contributed by atoms with Crippen molar-refractivity contribution in [2.45, 2.75) is 39.4 Å². The molecule has 12 heteroatoms. The van der Waals surface area contributed by atoms with E-state index in [4.69, 9.17) is 0 Å². The van der Waals surface area contributed by atoms with Gasteiger partial charge in [0.1, 0.15) is 6.33 Å². The SMILES string of the molecule is Cc1ccc(N2C(=O)CSC2=NC(=O)NCc2ccc(-c3ncn(-c4ccc(C(F)(F)F)cc4)n3)cc2)c(C(C)C)c1. The minimum absolute atomic E-state index is 0.123. The van der Waals surface area contributed by atoms with Crippen LogP contribution < -0.4 is 10.2 Å². The summed E-state index contributed by atoms with van der Waals surface area (Å²) in [6, 6.07) is 17.2. The zero-order valence-electron chi connectivity index (χ0n) is 23.0. The zero-order chi connectivity index (χ0) is 30.0. The molecule has 0 unspecified atom stereocenters. The number of nitrogens with one attached hydrogen (secondary N) is 1. The van der Waals surface area contributed by atoms with Gasteiger partial charge in [-0.3, -0.25) is 9.69 Å². The summed E-state index contributed by atoms with van der Waals surface area (Å²) < 4.78 is 39.9. The monoisotopic (exact) mass is 592 g/mol. The summed E-state index contributed by atoms with van der Waals surface area (Å²) in [5, 5.41) is 7.47. The van der Waals surface area contributed by atoms with Crippen molar-refractivity contribution in [1.29, 1.82) is 0 Å². The third kappa shape index (κ3) is 6.38. The lowest BCUT2D eigenvalue weighted by Crippen LogP contribution is -2.32. The Labute approximate surface area is 244 Å². The molecule has 1 N–H and O–H groups in total. The summed E-state index contributed by atoms with van der Waals surface area (Å²) in [5.41, 5.74) is 4.06. The molecule has 4 aromatic rings. The van der Waals surface area contributed by atoms with Gasteiger partial charge in [0, 0.05) is 12.1 Å².